The molecule has 2 aliphatic heterocycles. The molecule has 0 bridgehead atoms. The zero-order chi connectivity index (χ0) is 31.9. The maximum Gasteiger partial charge on any atom is 0.256 e. The molecule has 0 aliphatic carbocycles. The Labute approximate surface area is 274 Å². The quantitative estimate of drug-likeness (QED) is 0.275. The first-order chi connectivity index (χ1) is 21.8. The Balaban J connectivity index is 1.23. The number of thiocarbonyl (C=S) groups is 1. The monoisotopic (exact) mass is 651 g/mol. The van der Waals surface area contributed by atoms with Crippen LogP contribution >= 0.6 is 23.8 Å². The summed E-state index contributed by atoms with van der Waals surface area (Å²) in [6, 6.07) is 19.6. The Morgan fingerprint density at radius 2 is 1.49 bits per heavy atom. The van der Waals surface area contributed by atoms with Gasteiger partial charge in [-0.1, -0.05) is 11.6 Å². The molecule has 2 fully saturated rings. The Morgan fingerprint density at radius 3 is 2.09 bits per heavy atom. The number of anilines is 3. The van der Waals surface area contributed by atoms with Gasteiger partial charge in [-0.2, -0.15) is 0 Å². The molecule has 0 unspecified atom stereocenters. The Morgan fingerprint density at radius 1 is 0.867 bits per heavy atom. The lowest BCUT2D eigenvalue weighted by Gasteiger charge is -2.36. The van der Waals surface area contributed by atoms with Gasteiger partial charge in [0.15, 0.2) is 5.11 Å². The van der Waals surface area contributed by atoms with Gasteiger partial charge in [0.05, 0.1) is 38.5 Å². The van der Waals surface area contributed by atoms with Crippen molar-refractivity contribution in [2.45, 2.75) is 18.9 Å². The van der Waals surface area contributed by atoms with E-state index < -0.39 is 6.04 Å². The second kappa shape index (κ2) is 14.8. The lowest BCUT2D eigenvalue weighted by Crippen LogP contribution is -2.47. The summed E-state index contributed by atoms with van der Waals surface area (Å²) in [5, 5.41) is 3.62. The van der Waals surface area contributed by atoms with E-state index in [1.807, 2.05) is 17.0 Å². The number of hydrogen-bond donors (Lipinski definition) is 1. The SMILES string of the molecule is COc1ccc(NC(=O)C[C@H]2C(=O)N(c3ccc(OC)c(Cl)c3)C(=S)N2CCCN2CCN(c3ccc(OC)cc3)CC2)cc1. The molecule has 3 aromatic carbocycles. The van der Waals surface area contributed by atoms with Crippen LogP contribution in [0.2, 0.25) is 5.02 Å². The van der Waals surface area contributed by atoms with E-state index in [0.717, 1.165) is 44.9 Å². The maximum absolute atomic E-state index is 13.8. The van der Waals surface area contributed by atoms with Crippen LogP contribution in [-0.2, 0) is 9.59 Å². The Hall–Kier alpha value is -4.06. The van der Waals surface area contributed by atoms with Crippen LogP contribution in [0.3, 0.4) is 0 Å². The number of ether oxygens (including phenoxy) is 3. The third-order valence-corrected chi connectivity index (χ3v) is 8.86. The smallest absolute Gasteiger partial charge is 0.256 e. The van der Waals surface area contributed by atoms with Crippen molar-refractivity contribution in [3.05, 3.63) is 71.8 Å². The van der Waals surface area contributed by atoms with E-state index in [0.29, 0.717) is 39.6 Å². The van der Waals surface area contributed by atoms with Crippen LogP contribution in [-0.4, -0.2) is 93.4 Å². The van der Waals surface area contributed by atoms with E-state index in [1.54, 1.807) is 56.7 Å². The molecule has 0 saturated carbocycles. The predicted molar refractivity (Wildman–Crippen MR) is 181 cm³/mol. The van der Waals surface area contributed by atoms with Crippen LogP contribution < -0.4 is 29.3 Å². The minimum Gasteiger partial charge on any atom is -0.497 e. The normalized spacial score (nSPS) is 17.1. The molecular weight excluding hydrogens is 614 g/mol. The summed E-state index contributed by atoms with van der Waals surface area (Å²) in [5.74, 6) is 1.49. The van der Waals surface area contributed by atoms with Gasteiger partial charge in [0.2, 0.25) is 5.91 Å². The fourth-order valence-electron chi connectivity index (χ4n) is 5.67. The fourth-order valence-corrected chi connectivity index (χ4v) is 6.33. The number of methoxy groups -OCH3 is 3. The zero-order valence-electron chi connectivity index (χ0n) is 25.7. The molecule has 10 nitrogen and oxygen atoms in total. The average Bonchev–Trinajstić information content (AvgIpc) is 3.29. The molecule has 0 aromatic heterocycles. The summed E-state index contributed by atoms with van der Waals surface area (Å²) in [5.41, 5.74) is 2.34. The number of nitrogens with one attached hydrogen (secondary N) is 1. The van der Waals surface area contributed by atoms with Gasteiger partial charge in [-0.15, -0.1) is 0 Å². The number of carbonyl (C=O) groups is 2. The van der Waals surface area contributed by atoms with Crippen molar-refractivity contribution in [2.75, 3.05) is 75.7 Å². The van der Waals surface area contributed by atoms with Gasteiger partial charge in [0.25, 0.3) is 5.91 Å². The van der Waals surface area contributed by atoms with Crippen LogP contribution in [0.15, 0.2) is 66.7 Å². The molecule has 2 heterocycles. The third kappa shape index (κ3) is 7.61. The van der Waals surface area contributed by atoms with Crippen molar-refractivity contribution in [1.29, 1.82) is 0 Å². The van der Waals surface area contributed by atoms with Gasteiger partial charge in [-0.3, -0.25) is 19.4 Å². The van der Waals surface area contributed by atoms with E-state index in [4.69, 9.17) is 38.0 Å². The van der Waals surface area contributed by atoms with Gasteiger partial charge in [0, 0.05) is 44.1 Å². The first kappa shape index (κ1) is 32.3. The van der Waals surface area contributed by atoms with Crippen LogP contribution in [0.25, 0.3) is 0 Å². The van der Waals surface area contributed by atoms with Gasteiger partial charge in [-0.25, -0.2) is 0 Å². The molecule has 12 heteroatoms. The lowest BCUT2D eigenvalue weighted by atomic mass is 10.1. The number of nitrogens with zero attached hydrogens (tertiary/aromatic N) is 4. The average molecular weight is 652 g/mol. The largest absolute Gasteiger partial charge is 0.497 e. The number of hydrogen-bond acceptors (Lipinski definition) is 8. The van der Waals surface area contributed by atoms with E-state index in [1.165, 1.54) is 17.7 Å². The van der Waals surface area contributed by atoms with Crippen LogP contribution in [0.4, 0.5) is 17.1 Å². The summed E-state index contributed by atoms with van der Waals surface area (Å²) in [7, 11) is 4.79. The van der Waals surface area contributed by atoms with E-state index >= 15 is 0 Å². The predicted octanol–water partition coefficient (Wildman–Crippen LogP) is 4.91. The van der Waals surface area contributed by atoms with Crippen LogP contribution in [0.1, 0.15) is 12.8 Å². The number of halogens is 1. The molecular formula is C33H38ClN5O5S. The van der Waals surface area contributed by atoms with Crippen LogP contribution in [0, 0.1) is 0 Å². The molecule has 1 atom stereocenters. The number of carbonyl (C=O) groups excluding carboxylic acids is 2. The summed E-state index contributed by atoms with van der Waals surface area (Å²) in [4.78, 5) is 35.2. The maximum atomic E-state index is 13.8. The molecule has 238 valence electrons. The second-order valence-electron chi connectivity index (χ2n) is 10.8. The topological polar surface area (TPSA) is 86.8 Å². The van der Waals surface area contributed by atoms with Gasteiger partial charge in [0.1, 0.15) is 23.3 Å². The van der Waals surface area contributed by atoms with Crippen LogP contribution in [0.5, 0.6) is 17.2 Å². The summed E-state index contributed by atoms with van der Waals surface area (Å²) in [6.07, 6.45) is 0.732. The molecule has 45 heavy (non-hydrogen) atoms. The number of benzene rings is 3. The molecule has 2 aliphatic rings. The summed E-state index contributed by atoms with van der Waals surface area (Å²) < 4.78 is 15.8. The minimum atomic E-state index is -0.747. The van der Waals surface area contributed by atoms with Gasteiger partial charge >= 0.3 is 0 Å². The summed E-state index contributed by atoms with van der Waals surface area (Å²) in [6.45, 7) is 5.09. The Kier molecular flexibility index (Phi) is 10.6. The molecule has 0 radical (unpaired) electrons. The number of piperazine rings is 1. The third-order valence-electron chi connectivity index (χ3n) is 8.15. The molecule has 5 rings (SSSR count). The number of rotatable bonds is 12. The highest BCUT2D eigenvalue weighted by atomic mass is 35.5. The van der Waals surface area contributed by atoms with Crippen molar-refractivity contribution < 1.29 is 23.8 Å². The first-order valence-electron chi connectivity index (χ1n) is 14.8. The number of amides is 2. The van der Waals surface area contributed by atoms with E-state index in [2.05, 4.69) is 27.2 Å². The zero-order valence-corrected chi connectivity index (χ0v) is 27.3. The fraction of sp³-hybridized carbons (Fsp3) is 0.364. The van der Waals surface area contributed by atoms with Crippen molar-refractivity contribution >= 4 is 57.8 Å². The Bertz CT molecular complexity index is 1500. The molecule has 1 N–H and O–H groups in total. The van der Waals surface area contributed by atoms with Gasteiger partial charge in [-0.05, 0) is 91.9 Å². The summed E-state index contributed by atoms with van der Waals surface area (Å²) >= 11 is 12.2. The van der Waals surface area contributed by atoms with E-state index in [-0.39, 0.29) is 18.2 Å². The molecule has 2 amide bonds. The van der Waals surface area contributed by atoms with Crippen molar-refractivity contribution in [1.82, 2.24) is 9.80 Å². The second-order valence-corrected chi connectivity index (χ2v) is 11.6. The first-order valence-corrected chi connectivity index (χ1v) is 15.6. The van der Waals surface area contributed by atoms with Crippen molar-refractivity contribution in [3.8, 4) is 17.2 Å². The van der Waals surface area contributed by atoms with Crippen molar-refractivity contribution in [3.63, 3.8) is 0 Å². The highest BCUT2D eigenvalue weighted by molar-refractivity contribution is 7.80. The standard InChI is InChI=1S/C33H38ClN5O5S/c1-42-26-10-5-23(6-11-26)35-31(40)22-29-32(41)39(25-9-14-30(44-3)28(34)21-25)33(45)38(29)16-4-15-36-17-19-37(20-18-36)24-7-12-27(43-2)13-8-24/h5-14,21,29H,4,15-20,22H2,1-3H3,(H,35,40)/t29-/m0/s1. The molecule has 3 aromatic rings. The molecule has 0 spiro atoms. The molecule has 2 saturated heterocycles. The van der Waals surface area contributed by atoms with E-state index in [9.17, 15) is 9.59 Å². The lowest BCUT2D eigenvalue weighted by molar-refractivity contribution is -0.124. The van der Waals surface area contributed by atoms with Crippen molar-refractivity contribution in [2.24, 2.45) is 0 Å². The highest BCUT2D eigenvalue weighted by Crippen LogP contribution is 2.33. The minimum absolute atomic E-state index is 0.0497. The highest BCUT2D eigenvalue weighted by Gasteiger charge is 2.44. The van der Waals surface area contributed by atoms with Gasteiger partial charge < -0.3 is 29.3 Å².